The van der Waals surface area contributed by atoms with Gasteiger partial charge in [-0.2, -0.15) is 0 Å². The maximum atomic E-state index is 5.77. The summed E-state index contributed by atoms with van der Waals surface area (Å²) in [5, 5.41) is 3.94. The molecule has 2 rings (SSSR count). The molecule has 3 heteroatoms. The quantitative estimate of drug-likeness (QED) is 0.821. The van der Waals surface area contributed by atoms with E-state index in [1.165, 1.54) is 16.7 Å². The van der Waals surface area contributed by atoms with Crippen LogP contribution in [0.1, 0.15) is 29.7 Å². The molecule has 2 aromatic rings. The summed E-state index contributed by atoms with van der Waals surface area (Å²) in [5.74, 6) is 0. The van der Waals surface area contributed by atoms with Crippen molar-refractivity contribution in [3.05, 3.63) is 58.4 Å². The Balaban J connectivity index is 2.16. The zero-order valence-electron chi connectivity index (χ0n) is 10.9. The molecule has 0 radical (unpaired) electrons. The number of rotatable bonds is 3. The van der Waals surface area contributed by atoms with Gasteiger partial charge in [0.1, 0.15) is 5.15 Å². The summed E-state index contributed by atoms with van der Waals surface area (Å²) in [6.45, 7) is 6.39. The third-order valence-corrected chi connectivity index (χ3v) is 3.23. The van der Waals surface area contributed by atoms with Crippen molar-refractivity contribution in [1.82, 2.24) is 4.98 Å². The number of benzene rings is 1. The van der Waals surface area contributed by atoms with Gasteiger partial charge < -0.3 is 5.32 Å². The average Bonchev–Trinajstić information content (AvgIpc) is 2.32. The van der Waals surface area contributed by atoms with E-state index in [9.17, 15) is 0 Å². The Morgan fingerprint density at radius 2 is 1.94 bits per heavy atom. The van der Waals surface area contributed by atoms with E-state index in [-0.39, 0.29) is 6.04 Å². The first-order valence-electron chi connectivity index (χ1n) is 6.01. The number of anilines is 1. The third-order valence-electron chi connectivity index (χ3n) is 3.00. The zero-order chi connectivity index (χ0) is 13.1. The predicted molar refractivity (Wildman–Crippen MR) is 77.2 cm³/mol. The Bertz CT molecular complexity index is 535. The molecule has 2 nitrogen and oxygen atoms in total. The molecule has 0 aliphatic carbocycles. The first kappa shape index (κ1) is 12.9. The Kier molecular flexibility index (Phi) is 3.87. The lowest BCUT2D eigenvalue weighted by atomic mass is 10.0. The van der Waals surface area contributed by atoms with Gasteiger partial charge >= 0.3 is 0 Å². The molecule has 0 saturated carbocycles. The zero-order valence-corrected chi connectivity index (χ0v) is 11.6. The summed E-state index contributed by atoms with van der Waals surface area (Å²) in [6, 6.07) is 10.5. The van der Waals surface area contributed by atoms with Gasteiger partial charge in [-0.25, -0.2) is 4.98 Å². The van der Waals surface area contributed by atoms with Crippen LogP contribution in [0.25, 0.3) is 0 Å². The van der Waals surface area contributed by atoms with Crippen molar-refractivity contribution in [2.75, 3.05) is 5.32 Å². The minimum atomic E-state index is 0.244. The Morgan fingerprint density at radius 1 is 1.17 bits per heavy atom. The molecular formula is C15H17ClN2. The lowest BCUT2D eigenvalue weighted by molar-refractivity contribution is 0.871. The highest BCUT2D eigenvalue weighted by Gasteiger charge is 2.08. The highest BCUT2D eigenvalue weighted by atomic mass is 35.5. The Labute approximate surface area is 113 Å². The summed E-state index contributed by atoms with van der Waals surface area (Å²) in [6.07, 6.45) is 1.75. The first-order valence-corrected chi connectivity index (χ1v) is 6.39. The molecule has 1 atom stereocenters. The number of aryl methyl sites for hydroxylation is 2. The molecule has 1 aromatic heterocycles. The molecule has 1 unspecified atom stereocenters. The molecule has 0 aliphatic rings. The van der Waals surface area contributed by atoms with Gasteiger partial charge in [0.15, 0.2) is 0 Å². The maximum Gasteiger partial charge on any atom is 0.129 e. The number of halogens is 1. The third kappa shape index (κ3) is 3.02. The Morgan fingerprint density at radius 3 is 2.56 bits per heavy atom. The monoisotopic (exact) mass is 260 g/mol. The van der Waals surface area contributed by atoms with Gasteiger partial charge in [-0.1, -0.05) is 35.4 Å². The summed E-state index contributed by atoms with van der Waals surface area (Å²) >= 11 is 5.77. The van der Waals surface area contributed by atoms with Gasteiger partial charge in [-0.15, -0.1) is 0 Å². The van der Waals surface area contributed by atoms with Crippen LogP contribution >= 0.6 is 11.6 Å². The predicted octanol–water partition coefficient (Wildman–Crippen LogP) is 4.52. The van der Waals surface area contributed by atoms with Gasteiger partial charge in [0.25, 0.3) is 0 Å². The van der Waals surface area contributed by atoms with Crippen molar-refractivity contribution >= 4 is 17.3 Å². The molecule has 94 valence electrons. The lowest BCUT2D eigenvalue weighted by Gasteiger charge is -2.18. The highest BCUT2D eigenvalue weighted by molar-refractivity contribution is 6.29. The number of hydrogen-bond donors (Lipinski definition) is 1. The topological polar surface area (TPSA) is 24.9 Å². The SMILES string of the molecule is Cc1ccc(C(C)Nc2ccc(Cl)nc2)c(C)c1. The Hall–Kier alpha value is -1.54. The van der Waals surface area contributed by atoms with Gasteiger partial charge in [-0.05, 0) is 44.0 Å². The molecule has 0 bridgehead atoms. The second-order valence-corrected chi connectivity index (χ2v) is 4.98. The van der Waals surface area contributed by atoms with E-state index in [1.54, 1.807) is 12.3 Å². The fourth-order valence-corrected chi connectivity index (χ4v) is 2.21. The van der Waals surface area contributed by atoms with Crippen LogP contribution in [0.4, 0.5) is 5.69 Å². The first-order chi connectivity index (χ1) is 8.56. The number of pyridine rings is 1. The summed E-state index contributed by atoms with van der Waals surface area (Å²) in [7, 11) is 0. The molecule has 18 heavy (non-hydrogen) atoms. The van der Waals surface area contributed by atoms with E-state index in [2.05, 4.69) is 49.3 Å². The van der Waals surface area contributed by atoms with Gasteiger partial charge in [0.05, 0.1) is 11.9 Å². The fourth-order valence-electron chi connectivity index (χ4n) is 2.10. The number of nitrogens with one attached hydrogen (secondary N) is 1. The number of hydrogen-bond acceptors (Lipinski definition) is 2. The van der Waals surface area contributed by atoms with Crippen molar-refractivity contribution in [3.8, 4) is 0 Å². The van der Waals surface area contributed by atoms with Gasteiger partial charge in [0.2, 0.25) is 0 Å². The van der Waals surface area contributed by atoms with Crippen LogP contribution in [0.3, 0.4) is 0 Å². The smallest absolute Gasteiger partial charge is 0.129 e. The van der Waals surface area contributed by atoms with Crippen LogP contribution in [0.15, 0.2) is 36.5 Å². The minimum Gasteiger partial charge on any atom is -0.377 e. The average molecular weight is 261 g/mol. The van der Waals surface area contributed by atoms with E-state index >= 15 is 0 Å². The molecule has 0 saturated heterocycles. The van der Waals surface area contributed by atoms with E-state index < -0.39 is 0 Å². The van der Waals surface area contributed by atoms with E-state index in [4.69, 9.17) is 11.6 Å². The molecule has 0 fully saturated rings. The molecule has 1 aromatic carbocycles. The second kappa shape index (κ2) is 5.40. The van der Waals surface area contributed by atoms with Crippen molar-refractivity contribution in [2.45, 2.75) is 26.8 Å². The van der Waals surface area contributed by atoms with E-state index in [0.717, 1.165) is 5.69 Å². The van der Waals surface area contributed by atoms with Gasteiger partial charge in [0, 0.05) is 6.04 Å². The van der Waals surface area contributed by atoms with Crippen molar-refractivity contribution in [1.29, 1.82) is 0 Å². The minimum absolute atomic E-state index is 0.244. The summed E-state index contributed by atoms with van der Waals surface area (Å²) in [5.41, 5.74) is 4.87. The highest BCUT2D eigenvalue weighted by Crippen LogP contribution is 2.23. The molecular weight excluding hydrogens is 244 g/mol. The number of nitrogens with zero attached hydrogens (tertiary/aromatic N) is 1. The largest absolute Gasteiger partial charge is 0.377 e. The molecule has 1 N–H and O–H groups in total. The standard InChI is InChI=1S/C15H17ClN2/c1-10-4-6-14(11(2)8-10)12(3)18-13-5-7-15(16)17-9-13/h4-9,12,18H,1-3H3. The fraction of sp³-hybridized carbons (Fsp3) is 0.267. The maximum absolute atomic E-state index is 5.77. The van der Waals surface area contributed by atoms with Crippen LogP contribution in [-0.2, 0) is 0 Å². The normalized spacial score (nSPS) is 12.2. The number of aromatic nitrogens is 1. The lowest BCUT2D eigenvalue weighted by Crippen LogP contribution is -2.08. The second-order valence-electron chi connectivity index (χ2n) is 4.60. The van der Waals surface area contributed by atoms with Crippen LogP contribution in [0, 0.1) is 13.8 Å². The van der Waals surface area contributed by atoms with Crippen molar-refractivity contribution < 1.29 is 0 Å². The summed E-state index contributed by atoms with van der Waals surface area (Å²) in [4.78, 5) is 4.07. The van der Waals surface area contributed by atoms with Crippen LogP contribution in [-0.4, -0.2) is 4.98 Å². The van der Waals surface area contributed by atoms with Crippen molar-refractivity contribution in [3.63, 3.8) is 0 Å². The van der Waals surface area contributed by atoms with E-state index in [1.807, 2.05) is 6.07 Å². The van der Waals surface area contributed by atoms with Crippen molar-refractivity contribution in [2.24, 2.45) is 0 Å². The van der Waals surface area contributed by atoms with E-state index in [0.29, 0.717) is 5.15 Å². The molecule has 0 aliphatic heterocycles. The van der Waals surface area contributed by atoms with Crippen LogP contribution in [0.5, 0.6) is 0 Å². The molecule has 0 spiro atoms. The molecule has 1 heterocycles. The summed E-state index contributed by atoms with van der Waals surface area (Å²) < 4.78 is 0. The van der Waals surface area contributed by atoms with Gasteiger partial charge in [-0.3, -0.25) is 0 Å². The van der Waals surface area contributed by atoms with Crippen LogP contribution < -0.4 is 5.32 Å². The van der Waals surface area contributed by atoms with Crippen LogP contribution in [0.2, 0.25) is 5.15 Å². The molecule has 0 amide bonds.